The van der Waals surface area contributed by atoms with E-state index < -0.39 is 0 Å². The molecule has 0 spiro atoms. The number of rotatable bonds is 5. The summed E-state index contributed by atoms with van der Waals surface area (Å²) in [5, 5.41) is 3.39. The van der Waals surface area contributed by atoms with Gasteiger partial charge in [-0.2, -0.15) is 11.8 Å². The Morgan fingerprint density at radius 3 is 3.07 bits per heavy atom. The van der Waals surface area contributed by atoms with E-state index >= 15 is 0 Å². The van der Waals surface area contributed by atoms with Crippen LogP contribution in [0.25, 0.3) is 0 Å². The molecule has 15 heavy (non-hydrogen) atoms. The van der Waals surface area contributed by atoms with Crippen LogP contribution in [0.1, 0.15) is 31.5 Å². The fraction of sp³-hybridized carbons (Fsp3) is 0.636. The van der Waals surface area contributed by atoms with E-state index in [0.29, 0.717) is 12.0 Å². The van der Waals surface area contributed by atoms with E-state index in [0.717, 1.165) is 17.4 Å². The average molecular weight is 223 g/mol. The maximum atomic E-state index is 4.53. The van der Waals surface area contributed by atoms with Gasteiger partial charge in [0, 0.05) is 23.9 Å². The Labute approximate surface area is 95.1 Å². The molecule has 1 N–H and O–H groups in total. The first-order chi connectivity index (χ1) is 7.29. The zero-order valence-corrected chi connectivity index (χ0v) is 10.0. The molecule has 0 aliphatic heterocycles. The fourth-order valence-corrected chi connectivity index (χ4v) is 2.12. The van der Waals surface area contributed by atoms with Crippen LogP contribution in [0.4, 0.5) is 5.82 Å². The molecule has 1 unspecified atom stereocenters. The quantitative estimate of drug-likeness (QED) is 0.832. The van der Waals surface area contributed by atoms with Crippen molar-refractivity contribution in [2.45, 2.75) is 31.7 Å². The third kappa shape index (κ3) is 3.09. The molecule has 82 valence electrons. The molecular formula is C11H17N3S. The van der Waals surface area contributed by atoms with E-state index in [-0.39, 0.29) is 0 Å². The zero-order chi connectivity index (χ0) is 10.7. The summed E-state index contributed by atoms with van der Waals surface area (Å²) >= 11 is 1.85. The summed E-state index contributed by atoms with van der Waals surface area (Å²) in [4.78, 5) is 8.82. The van der Waals surface area contributed by atoms with Gasteiger partial charge in [0.15, 0.2) is 0 Å². The van der Waals surface area contributed by atoms with Crippen molar-refractivity contribution in [3.63, 3.8) is 0 Å². The molecule has 1 saturated carbocycles. The van der Waals surface area contributed by atoms with Crippen molar-refractivity contribution in [3.8, 4) is 0 Å². The summed E-state index contributed by atoms with van der Waals surface area (Å²) < 4.78 is 0. The van der Waals surface area contributed by atoms with Gasteiger partial charge in [-0.05, 0) is 32.1 Å². The molecule has 0 saturated heterocycles. The fourth-order valence-electron chi connectivity index (χ4n) is 1.54. The summed E-state index contributed by atoms with van der Waals surface area (Å²) in [5.74, 6) is 3.70. The Hall–Kier alpha value is -0.770. The molecule has 0 aromatic carbocycles. The average Bonchev–Trinajstić information content (AvgIpc) is 3.01. The van der Waals surface area contributed by atoms with Crippen LogP contribution < -0.4 is 5.32 Å². The van der Waals surface area contributed by atoms with E-state index in [1.54, 1.807) is 0 Å². The molecule has 2 rings (SSSR count). The minimum absolute atomic E-state index is 0.460. The lowest BCUT2D eigenvalue weighted by molar-refractivity contribution is 0.873. The van der Waals surface area contributed by atoms with Gasteiger partial charge in [-0.3, -0.25) is 0 Å². The molecule has 0 radical (unpaired) electrons. The topological polar surface area (TPSA) is 37.8 Å². The van der Waals surface area contributed by atoms with Crippen LogP contribution in [0.2, 0.25) is 0 Å². The molecule has 3 nitrogen and oxygen atoms in total. The van der Waals surface area contributed by atoms with Crippen LogP contribution in [-0.2, 0) is 0 Å². The zero-order valence-electron chi connectivity index (χ0n) is 9.23. The normalized spacial score (nSPS) is 17.5. The summed E-state index contributed by atoms with van der Waals surface area (Å²) in [6.45, 7) is 2.18. The van der Waals surface area contributed by atoms with Crippen LogP contribution in [0.5, 0.6) is 0 Å². The highest BCUT2D eigenvalue weighted by Crippen LogP contribution is 2.38. The molecule has 0 amide bonds. The molecule has 1 fully saturated rings. The van der Waals surface area contributed by atoms with E-state index in [2.05, 4.69) is 28.5 Å². The van der Waals surface area contributed by atoms with Gasteiger partial charge in [0.25, 0.3) is 0 Å². The molecule has 1 aliphatic rings. The Kier molecular flexibility index (Phi) is 3.46. The summed E-state index contributed by atoms with van der Waals surface area (Å²) in [5.41, 5.74) is 0. The minimum Gasteiger partial charge on any atom is -0.367 e. The SMILES string of the molecule is CSCC(C)Nc1ccnc(C2CC2)n1. The van der Waals surface area contributed by atoms with E-state index in [9.17, 15) is 0 Å². The van der Waals surface area contributed by atoms with Crippen LogP contribution in [0.3, 0.4) is 0 Å². The molecule has 0 bridgehead atoms. The number of aromatic nitrogens is 2. The lowest BCUT2D eigenvalue weighted by Crippen LogP contribution is -2.18. The predicted molar refractivity (Wildman–Crippen MR) is 65.5 cm³/mol. The predicted octanol–water partition coefficient (Wildman–Crippen LogP) is 2.52. The first-order valence-corrected chi connectivity index (χ1v) is 6.77. The van der Waals surface area contributed by atoms with Gasteiger partial charge in [-0.15, -0.1) is 0 Å². The Morgan fingerprint density at radius 2 is 2.40 bits per heavy atom. The monoisotopic (exact) mass is 223 g/mol. The van der Waals surface area contributed by atoms with Gasteiger partial charge in [0.1, 0.15) is 11.6 Å². The lowest BCUT2D eigenvalue weighted by Gasteiger charge is -2.13. The third-order valence-corrected chi connectivity index (χ3v) is 3.26. The van der Waals surface area contributed by atoms with Gasteiger partial charge >= 0.3 is 0 Å². The Morgan fingerprint density at radius 1 is 1.60 bits per heavy atom. The van der Waals surface area contributed by atoms with Crippen LogP contribution >= 0.6 is 11.8 Å². The molecule has 1 aliphatic carbocycles. The second kappa shape index (κ2) is 4.84. The van der Waals surface area contributed by atoms with Crippen molar-refractivity contribution in [1.82, 2.24) is 9.97 Å². The van der Waals surface area contributed by atoms with Gasteiger partial charge in [0.05, 0.1) is 0 Å². The number of nitrogens with one attached hydrogen (secondary N) is 1. The molecule has 1 heterocycles. The maximum absolute atomic E-state index is 4.53. The maximum Gasteiger partial charge on any atom is 0.133 e. The standard InChI is InChI=1S/C11H17N3S/c1-8(7-15-2)13-10-5-6-12-11(14-10)9-3-4-9/h5-6,8-9H,3-4,7H2,1-2H3,(H,12,13,14). The van der Waals surface area contributed by atoms with Crippen molar-refractivity contribution in [2.75, 3.05) is 17.3 Å². The van der Waals surface area contributed by atoms with Crippen molar-refractivity contribution < 1.29 is 0 Å². The summed E-state index contributed by atoms with van der Waals surface area (Å²) in [7, 11) is 0. The highest BCUT2D eigenvalue weighted by Gasteiger charge is 2.26. The van der Waals surface area contributed by atoms with Gasteiger partial charge in [0.2, 0.25) is 0 Å². The number of nitrogens with zero attached hydrogens (tertiary/aromatic N) is 2. The van der Waals surface area contributed by atoms with Gasteiger partial charge < -0.3 is 5.32 Å². The second-order valence-electron chi connectivity index (χ2n) is 4.08. The largest absolute Gasteiger partial charge is 0.367 e. The summed E-state index contributed by atoms with van der Waals surface area (Å²) in [6.07, 6.45) is 6.48. The third-order valence-electron chi connectivity index (χ3n) is 2.43. The smallest absolute Gasteiger partial charge is 0.133 e. The molecule has 1 atom stereocenters. The van der Waals surface area contributed by atoms with Crippen molar-refractivity contribution in [3.05, 3.63) is 18.1 Å². The van der Waals surface area contributed by atoms with Crippen LogP contribution in [0, 0.1) is 0 Å². The second-order valence-corrected chi connectivity index (χ2v) is 4.99. The highest BCUT2D eigenvalue weighted by molar-refractivity contribution is 7.98. The van der Waals surface area contributed by atoms with E-state index in [1.807, 2.05) is 24.0 Å². The number of hydrogen-bond donors (Lipinski definition) is 1. The van der Waals surface area contributed by atoms with Crippen LogP contribution in [-0.4, -0.2) is 28.0 Å². The number of hydrogen-bond acceptors (Lipinski definition) is 4. The van der Waals surface area contributed by atoms with Crippen molar-refractivity contribution >= 4 is 17.6 Å². The molecule has 4 heteroatoms. The highest BCUT2D eigenvalue weighted by atomic mass is 32.2. The van der Waals surface area contributed by atoms with Gasteiger partial charge in [-0.25, -0.2) is 9.97 Å². The summed E-state index contributed by atoms with van der Waals surface area (Å²) in [6, 6.07) is 2.41. The van der Waals surface area contributed by atoms with E-state index in [4.69, 9.17) is 0 Å². The number of thioether (sulfide) groups is 1. The lowest BCUT2D eigenvalue weighted by atomic mass is 10.3. The van der Waals surface area contributed by atoms with Crippen LogP contribution in [0.15, 0.2) is 12.3 Å². The van der Waals surface area contributed by atoms with E-state index in [1.165, 1.54) is 12.8 Å². The minimum atomic E-state index is 0.460. The molecular weight excluding hydrogens is 206 g/mol. The number of anilines is 1. The molecule has 1 aromatic heterocycles. The Bertz CT molecular complexity index is 325. The first kappa shape index (κ1) is 10.7. The van der Waals surface area contributed by atoms with Crippen molar-refractivity contribution in [1.29, 1.82) is 0 Å². The Balaban J connectivity index is 1.98. The van der Waals surface area contributed by atoms with Crippen molar-refractivity contribution in [2.24, 2.45) is 0 Å². The first-order valence-electron chi connectivity index (χ1n) is 5.38. The molecule has 1 aromatic rings. The van der Waals surface area contributed by atoms with Gasteiger partial charge in [-0.1, -0.05) is 0 Å².